The van der Waals surface area contributed by atoms with E-state index in [1.54, 1.807) is 0 Å². The van der Waals surface area contributed by atoms with Gasteiger partial charge in [0.05, 0.1) is 12.1 Å². The molecule has 1 amide bonds. The summed E-state index contributed by atoms with van der Waals surface area (Å²) in [4.78, 5) is 11.9. The molecule has 1 saturated heterocycles. The molecule has 1 heterocycles. The van der Waals surface area contributed by atoms with Crippen LogP contribution in [0.1, 0.15) is 58.3 Å². The molecule has 0 aromatic carbocycles. The molecule has 0 bridgehead atoms. The van der Waals surface area contributed by atoms with Gasteiger partial charge >= 0.3 is 0 Å². The minimum atomic E-state index is 0.142. The molecule has 4 nitrogen and oxygen atoms in total. The van der Waals surface area contributed by atoms with E-state index >= 15 is 0 Å². The smallest absolute Gasteiger partial charge is 0.220 e. The second-order valence-corrected chi connectivity index (χ2v) is 6.24. The summed E-state index contributed by atoms with van der Waals surface area (Å²) in [6, 6.07) is 0.497. The van der Waals surface area contributed by atoms with Gasteiger partial charge < -0.3 is 15.8 Å². The molecular weight excluding hydrogens is 240 g/mol. The summed E-state index contributed by atoms with van der Waals surface area (Å²) in [5.41, 5.74) is 5.98. The second kappa shape index (κ2) is 7.25. The van der Waals surface area contributed by atoms with Gasteiger partial charge in [-0.3, -0.25) is 4.79 Å². The van der Waals surface area contributed by atoms with Crippen molar-refractivity contribution >= 4 is 5.91 Å². The number of rotatable bonds is 5. The van der Waals surface area contributed by atoms with Crippen LogP contribution in [-0.4, -0.2) is 30.7 Å². The largest absolute Gasteiger partial charge is 0.376 e. The highest BCUT2D eigenvalue weighted by atomic mass is 16.5. The van der Waals surface area contributed by atoms with Crippen LogP contribution in [0.3, 0.4) is 0 Å². The number of carbonyl (C=O) groups is 1. The van der Waals surface area contributed by atoms with E-state index < -0.39 is 0 Å². The lowest BCUT2D eigenvalue weighted by Gasteiger charge is -2.26. The minimum Gasteiger partial charge on any atom is -0.376 e. The molecule has 4 heteroatoms. The lowest BCUT2D eigenvalue weighted by Crippen LogP contribution is -2.41. The Morgan fingerprint density at radius 3 is 2.89 bits per heavy atom. The van der Waals surface area contributed by atoms with E-state index in [1.807, 2.05) is 6.92 Å². The second-order valence-electron chi connectivity index (χ2n) is 6.24. The van der Waals surface area contributed by atoms with Crippen LogP contribution in [0.4, 0.5) is 0 Å². The van der Waals surface area contributed by atoms with Gasteiger partial charge in [0.2, 0.25) is 5.91 Å². The summed E-state index contributed by atoms with van der Waals surface area (Å²) < 4.78 is 5.59. The molecule has 0 spiro atoms. The van der Waals surface area contributed by atoms with Crippen LogP contribution in [0.25, 0.3) is 0 Å². The molecule has 1 saturated carbocycles. The van der Waals surface area contributed by atoms with Gasteiger partial charge in [0.1, 0.15) is 0 Å². The van der Waals surface area contributed by atoms with E-state index in [0.29, 0.717) is 18.4 Å². The molecule has 0 aromatic heterocycles. The molecule has 110 valence electrons. The molecule has 2 aliphatic rings. The Morgan fingerprint density at radius 1 is 1.37 bits per heavy atom. The van der Waals surface area contributed by atoms with Crippen molar-refractivity contribution in [3.05, 3.63) is 0 Å². The lowest BCUT2D eigenvalue weighted by molar-refractivity contribution is -0.122. The molecule has 19 heavy (non-hydrogen) atoms. The SMILES string of the molecule is CC(NC(=O)CCC1CCCC(N)C1)C1CCCO1. The summed E-state index contributed by atoms with van der Waals surface area (Å²) in [5.74, 6) is 0.815. The van der Waals surface area contributed by atoms with Crippen molar-refractivity contribution < 1.29 is 9.53 Å². The monoisotopic (exact) mass is 268 g/mol. The molecule has 0 aromatic rings. The zero-order valence-corrected chi connectivity index (χ0v) is 12.1. The maximum Gasteiger partial charge on any atom is 0.220 e. The summed E-state index contributed by atoms with van der Waals surface area (Å²) in [6.07, 6.45) is 8.72. The van der Waals surface area contributed by atoms with Crippen LogP contribution in [0.2, 0.25) is 0 Å². The Hall–Kier alpha value is -0.610. The number of hydrogen-bond donors (Lipinski definition) is 2. The van der Waals surface area contributed by atoms with Gasteiger partial charge in [-0.1, -0.05) is 12.8 Å². The number of ether oxygens (including phenoxy) is 1. The summed E-state index contributed by atoms with van der Waals surface area (Å²) in [6.45, 7) is 2.88. The lowest BCUT2D eigenvalue weighted by atomic mass is 9.83. The fraction of sp³-hybridized carbons (Fsp3) is 0.933. The predicted octanol–water partition coefficient (Wildman–Crippen LogP) is 1.97. The molecular formula is C15H28N2O2. The van der Waals surface area contributed by atoms with Crippen molar-refractivity contribution in [1.29, 1.82) is 0 Å². The van der Waals surface area contributed by atoms with E-state index in [0.717, 1.165) is 38.7 Å². The van der Waals surface area contributed by atoms with Gasteiger partial charge in [-0.15, -0.1) is 0 Å². The third-order valence-electron chi connectivity index (χ3n) is 4.51. The van der Waals surface area contributed by atoms with Crippen molar-refractivity contribution in [3.8, 4) is 0 Å². The minimum absolute atomic E-state index is 0.142. The van der Waals surface area contributed by atoms with Crippen LogP contribution in [-0.2, 0) is 9.53 Å². The number of nitrogens with one attached hydrogen (secondary N) is 1. The van der Waals surface area contributed by atoms with Gasteiger partial charge in [-0.25, -0.2) is 0 Å². The quantitative estimate of drug-likeness (QED) is 0.801. The van der Waals surface area contributed by atoms with Crippen LogP contribution in [0, 0.1) is 5.92 Å². The number of carbonyl (C=O) groups excluding carboxylic acids is 1. The van der Waals surface area contributed by atoms with E-state index in [9.17, 15) is 4.79 Å². The molecule has 1 aliphatic heterocycles. The van der Waals surface area contributed by atoms with Crippen LogP contribution < -0.4 is 11.1 Å². The topological polar surface area (TPSA) is 64.4 Å². The fourth-order valence-corrected chi connectivity index (χ4v) is 3.35. The first-order valence-corrected chi connectivity index (χ1v) is 7.81. The van der Waals surface area contributed by atoms with Crippen molar-refractivity contribution in [2.75, 3.05) is 6.61 Å². The normalized spacial score (nSPS) is 33.1. The molecule has 0 radical (unpaired) electrons. The van der Waals surface area contributed by atoms with Gasteiger partial charge in [-0.05, 0) is 44.9 Å². The van der Waals surface area contributed by atoms with Crippen LogP contribution in [0.15, 0.2) is 0 Å². The molecule has 3 N–H and O–H groups in total. The van der Waals surface area contributed by atoms with E-state index in [2.05, 4.69) is 5.32 Å². The Morgan fingerprint density at radius 2 is 2.21 bits per heavy atom. The van der Waals surface area contributed by atoms with Gasteiger partial charge in [0, 0.05) is 19.1 Å². The maximum absolute atomic E-state index is 11.9. The Balaban J connectivity index is 1.63. The van der Waals surface area contributed by atoms with Crippen molar-refractivity contribution in [1.82, 2.24) is 5.32 Å². The standard InChI is InChI=1S/C15H28N2O2/c1-11(14-6-3-9-19-14)17-15(18)8-7-12-4-2-5-13(16)10-12/h11-14H,2-10,16H2,1H3,(H,17,18). The predicted molar refractivity (Wildman–Crippen MR) is 75.7 cm³/mol. The van der Waals surface area contributed by atoms with Gasteiger partial charge in [-0.2, -0.15) is 0 Å². The highest BCUT2D eigenvalue weighted by Crippen LogP contribution is 2.26. The number of nitrogens with two attached hydrogens (primary N) is 1. The highest BCUT2D eigenvalue weighted by molar-refractivity contribution is 5.76. The summed E-state index contributed by atoms with van der Waals surface area (Å²) >= 11 is 0. The van der Waals surface area contributed by atoms with Crippen molar-refractivity contribution in [2.45, 2.75) is 76.5 Å². The molecule has 1 aliphatic carbocycles. The molecule has 2 rings (SSSR count). The summed E-state index contributed by atoms with van der Waals surface area (Å²) in [5, 5.41) is 3.08. The van der Waals surface area contributed by atoms with Crippen LogP contribution in [0.5, 0.6) is 0 Å². The third-order valence-corrected chi connectivity index (χ3v) is 4.51. The van der Waals surface area contributed by atoms with E-state index in [1.165, 1.54) is 12.8 Å². The van der Waals surface area contributed by atoms with Gasteiger partial charge in [0.25, 0.3) is 0 Å². The number of hydrogen-bond acceptors (Lipinski definition) is 3. The zero-order valence-electron chi connectivity index (χ0n) is 12.1. The number of amides is 1. The van der Waals surface area contributed by atoms with Gasteiger partial charge in [0.15, 0.2) is 0 Å². The van der Waals surface area contributed by atoms with Crippen LogP contribution >= 0.6 is 0 Å². The maximum atomic E-state index is 11.9. The molecule has 4 atom stereocenters. The van der Waals surface area contributed by atoms with E-state index in [-0.39, 0.29) is 18.1 Å². The molecule has 4 unspecified atom stereocenters. The fourth-order valence-electron chi connectivity index (χ4n) is 3.35. The molecule has 2 fully saturated rings. The average Bonchev–Trinajstić information content (AvgIpc) is 2.90. The van der Waals surface area contributed by atoms with Crippen molar-refractivity contribution in [2.24, 2.45) is 11.7 Å². The average molecular weight is 268 g/mol. The summed E-state index contributed by atoms with van der Waals surface area (Å²) in [7, 11) is 0. The Kier molecular flexibility index (Phi) is 5.64. The first-order valence-electron chi connectivity index (χ1n) is 7.81. The Labute approximate surface area is 116 Å². The Bertz CT molecular complexity index is 290. The first kappa shape index (κ1) is 14.8. The van der Waals surface area contributed by atoms with Crippen molar-refractivity contribution in [3.63, 3.8) is 0 Å². The third kappa shape index (κ3) is 4.77. The zero-order chi connectivity index (χ0) is 13.7. The highest BCUT2D eigenvalue weighted by Gasteiger charge is 2.24. The first-order chi connectivity index (χ1) is 9.15. The van der Waals surface area contributed by atoms with E-state index in [4.69, 9.17) is 10.5 Å².